The largest absolute Gasteiger partial charge is 0.507 e. The van der Waals surface area contributed by atoms with Crippen LogP contribution in [0, 0.1) is 20.8 Å². The van der Waals surface area contributed by atoms with Gasteiger partial charge in [-0.2, -0.15) is 0 Å². The first-order valence-corrected chi connectivity index (χ1v) is 13.4. The van der Waals surface area contributed by atoms with E-state index < -0.39 is 17.7 Å². The van der Waals surface area contributed by atoms with Crippen molar-refractivity contribution in [2.45, 2.75) is 53.5 Å². The van der Waals surface area contributed by atoms with Crippen LogP contribution in [0.3, 0.4) is 0 Å². The lowest BCUT2D eigenvalue weighted by atomic mass is 9.91. The van der Waals surface area contributed by atoms with Gasteiger partial charge >= 0.3 is 0 Å². The van der Waals surface area contributed by atoms with Gasteiger partial charge in [0.25, 0.3) is 11.7 Å². The van der Waals surface area contributed by atoms with Crippen LogP contribution in [0.25, 0.3) is 16.7 Å². The van der Waals surface area contributed by atoms with Crippen LogP contribution in [0.4, 0.5) is 5.69 Å². The van der Waals surface area contributed by atoms with Crippen LogP contribution >= 0.6 is 0 Å². The van der Waals surface area contributed by atoms with E-state index in [2.05, 4.69) is 18.8 Å². The van der Waals surface area contributed by atoms with E-state index in [0.29, 0.717) is 17.9 Å². The molecule has 2 heterocycles. The molecule has 5 rings (SSSR count). The molecule has 0 aliphatic carbocycles. The Balaban J connectivity index is 1.79. The van der Waals surface area contributed by atoms with E-state index in [1.807, 2.05) is 82.3 Å². The number of hydrogen-bond acceptors (Lipinski definition) is 4. The van der Waals surface area contributed by atoms with Crippen molar-refractivity contribution in [2.75, 3.05) is 11.5 Å². The molecule has 1 aliphatic rings. The van der Waals surface area contributed by atoms with Crippen molar-refractivity contribution in [1.29, 1.82) is 0 Å². The van der Waals surface area contributed by atoms with Crippen molar-refractivity contribution in [3.05, 3.63) is 99.7 Å². The van der Waals surface area contributed by atoms with Gasteiger partial charge in [0.1, 0.15) is 11.5 Å². The second-order valence-electron chi connectivity index (χ2n) is 10.5. The molecule has 0 saturated carbocycles. The van der Waals surface area contributed by atoms with Gasteiger partial charge in [-0.25, -0.2) is 0 Å². The number of fused-ring (bicyclic) bond motifs is 1. The number of aromatic nitrogens is 1. The summed E-state index contributed by atoms with van der Waals surface area (Å²) >= 11 is 0. The van der Waals surface area contributed by atoms with E-state index in [9.17, 15) is 14.7 Å². The first kappa shape index (κ1) is 26.3. The van der Waals surface area contributed by atoms with Crippen LogP contribution in [-0.2, 0) is 9.59 Å². The number of Topliss-reactive ketones (excluding diaryl/α,β-unsaturated/α-hetero) is 1. The lowest BCUT2D eigenvalue weighted by Crippen LogP contribution is -2.29. The molecule has 0 bridgehead atoms. The molecule has 1 fully saturated rings. The summed E-state index contributed by atoms with van der Waals surface area (Å²) in [7, 11) is 0. The van der Waals surface area contributed by atoms with E-state index in [4.69, 9.17) is 4.74 Å². The third-order valence-corrected chi connectivity index (χ3v) is 7.64. The number of para-hydroxylation sites is 1. The number of carbonyl (C=O) groups is 2. The molecule has 200 valence electrons. The number of carbonyl (C=O) groups excluding carboxylic acids is 2. The van der Waals surface area contributed by atoms with Crippen LogP contribution in [-0.4, -0.2) is 28.4 Å². The number of hydrogen-bond donors (Lipinski definition) is 2. The van der Waals surface area contributed by atoms with Crippen LogP contribution in [0.1, 0.15) is 66.2 Å². The Labute approximate surface area is 228 Å². The van der Waals surface area contributed by atoms with Crippen LogP contribution in [0.2, 0.25) is 0 Å². The third-order valence-electron chi connectivity index (χ3n) is 7.64. The smallest absolute Gasteiger partial charge is 0.300 e. The molecule has 39 heavy (non-hydrogen) atoms. The number of aliphatic hydroxyl groups is 1. The normalized spacial score (nSPS) is 17.0. The van der Waals surface area contributed by atoms with Gasteiger partial charge in [-0.05, 0) is 86.7 Å². The fourth-order valence-electron chi connectivity index (χ4n) is 5.49. The number of nitrogens with zero attached hydrogens (tertiary/aromatic N) is 1. The quantitative estimate of drug-likeness (QED) is 0.159. The minimum Gasteiger partial charge on any atom is -0.507 e. The number of rotatable bonds is 6. The van der Waals surface area contributed by atoms with Crippen molar-refractivity contribution in [3.63, 3.8) is 0 Å². The maximum atomic E-state index is 13.8. The zero-order valence-corrected chi connectivity index (χ0v) is 23.3. The minimum absolute atomic E-state index is 0.0740. The van der Waals surface area contributed by atoms with Gasteiger partial charge < -0.3 is 14.8 Å². The molecule has 1 aliphatic heterocycles. The number of amides is 1. The van der Waals surface area contributed by atoms with E-state index >= 15 is 0 Å². The molecular weight excluding hydrogens is 488 g/mol. The Morgan fingerprint density at radius 1 is 1.00 bits per heavy atom. The van der Waals surface area contributed by atoms with Gasteiger partial charge in [0.15, 0.2) is 0 Å². The molecule has 1 amide bonds. The highest BCUT2D eigenvalue weighted by molar-refractivity contribution is 6.52. The molecule has 1 atom stereocenters. The molecule has 2 N–H and O–H groups in total. The number of nitrogens with one attached hydrogen (secondary N) is 1. The topological polar surface area (TPSA) is 82.6 Å². The summed E-state index contributed by atoms with van der Waals surface area (Å²) < 4.78 is 5.81. The maximum Gasteiger partial charge on any atom is 0.300 e. The molecule has 1 unspecified atom stereocenters. The number of aromatic amines is 1. The number of ketones is 1. The average Bonchev–Trinajstić information content (AvgIpc) is 3.37. The summed E-state index contributed by atoms with van der Waals surface area (Å²) in [5.41, 5.74) is 6.71. The van der Waals surface area contributed by atoms with Crippen LogP contribution in [0.15, 0.2) is 66.2 Å². The fourth-order valence-corrected chi connectivity index (χ4v) is 5.49. The second kappa shape index (κ2) is 10.1. The minimum atomic E-state index is -0.808. The highest BCUT2D eigenvalue weighted by Gasteiger charge is 2.48. The van der Waals surface area contributed by atoms with Gasteiger partial charge in [-0.15, -0.1) is 0 Å². The highest BCUT2D eigenvalue weighted by Crippen LogP contribution is 2.46. The summed E-state index contributed by atoms with van der Waals surface area (Å²) in [6.07, 6.45) is 0. The van der Waals surface area contributed by atoms with Gasteiger partial charge in [0, 0.05) is 33.4 Å². The van der Waals surface area contributed by atoms with E-state index in [-0.39, 0.29) is 17.3 Å². The predicted molar refractivity (Wildman–Crippen MR) is 155 cm³/mol. The van der Waals surface area contributed by atoms with Crippen molar-refractivity contribution in [1.82, 2.24) is 4.98 Å². The van der Waals surface area contributed by atoms with Crippen LogP contribution < -0.4 is 9.64 Å². The van der Waals surface area contributed by atoms with E-state index in [0.717, 1.165) is 44.6 Å². The van der Waals surface area contributed by atoms with Gasteiger partial charge in [-0.1, -0.05) is 38.1 Å². The molecule has 4 aromatic rings. The van der Waals surface area contributed by atoms with Crippen molar-refractivity contribution in [2.24, 2.45) is 0 Å². The highest BCUT2D eigenvalue weighted by atomic mass is 16.5. The van der Waals surface area contributed by atoms with Gasteiger partial charge in [0.2, 0.25) is 0 Å². The van der Waals surface area contributed by atoms with Crippen molar-refractivity contribution in [3.8, 4) is 5.75 Å². The zero-order chi connectivity index (χ0) is 28.0. The number of H-pyrrole nitrogens is 1. The number of aryl methyl sites for hydroxylation is 3. The van der Waals surface area contributed by atoms with Gasteiger partial charge in [0.05, 0.1) is 18.2 Å². The Morgan fingerprint density at radius 3 is 2.44 bits per heavy atom. The Morgan fingerprint density at radius 2 is 1.74 bits per heavy atom. The summed E-state index contributed by atoms with van der Waals surface area (Å²) in [6, 6.07) is 18.2. The molecular formula is C33H34N2O4. The lowest BCUT2D eigenvalue weighted by molar-refractivity contribution is -0.132. The summed E-state index contributed by atoms with van der Waals surface area (Å²) in [5.74, 6) is -0.697. The SMILES string of the molecule is CCOc1ccc(/C(O)=C2\C(=O)C(=O)N(c3ccc(C)c(C)c3)C2c2c(C)[nH]c3ccccc23)cc1C(C)C. The van der Waals surface area contributed by atoms with E-state index in [1.165, 1.54) is 4.90 Å². The zero-order valence-electron chi connectivity index (χ0n) is 23.3. The summed E-state index contributed by atoms with van der Waals surface area (Å²) in [6.45, 7) is 12.5. The second-order valence-corrected chi connectivity index (χ2v) is 10.5. The first-order chi connectivity index (χ1) is 18.6. The van der Waals surface area contributed by atoms with Crippen molar-refractivity contribution < 1.29 is 19.4 Å². The maximum absolute atomic E-state index is 13.8. The molecule has 6 heteroatoms. The molecule has 1 aromatic heterocycles. The Bertz CT molecular complexity index is 1640. The third kappa shape index (κ3) is 4.40. The summed E-state index contributed by atoms with van der Waals surface area (Å²) in [5, 5.41) is 12.7. The molecule has 1 saturated heterocycles. The predicted octanol–water partition coefficient (Wildman–Crippen LogP) is 7.24. The van der Waals surface area contributed by atoms with Gasteiger partial charge in [-0.3, -0.25) is 14.5 Å². The van der Waals surface area contributed by atoms with Crippen molar-refractivity contribution >= 4 is 34.0 Å². The Kier molecular flexibility index (Phi) is 6.81. The molecule has 6 nitrogen and oxygen atoms in total. The monoisotopic (exact) mass is 522 g/mol. The number of anilines is 1. The first-order valence-electron chi connectivity index (χ1n) is 13.4. The average molecular weight is 523 g/mol. The summed E-state index contributed by atoms with van der Waals surface area (Å²) in [4.78, 5) is 32.4. The Hall–Kier alpha value is -4.32. The molecule has 0 radical (unpaired) electrons. The standard InChI is InChI=1S/C33H34N2O4/c1-7-39-27-15-13-22(17-25(27)18(2)3)31(36)29-30(28-21(6)34-26-11-9-8-10-24(26)28)35(33(38)32(29)37)23-14-12-19(4)20(5)16-23/h8-18,30,34,36H,7H2,1-6H3/b31-29+. The number of ether oxygens (including phenoxy) is 1. The van der Waals surface area contributed by atoms with Crippen LogP contribution in [0.5, 0.6) is 5.75 Å². The fraction of sp³-hybridized carbons (Fsp3) is 0.273. The molecule has 0 spiro atoms. The molecule has 3 aromatic carbocycles. The lowest BCUT2D eigenvalue weighted by Gasteiger charge is -2.26. The number of aliphatic hydroxyl groups excluding tert-OH is 1. The van der Waals surface area contributed by atoms with E-state index in [1.54, 1.807) is 6.07 Å². The number of benzene rings is 3.